The molecule has 0 spiro atoms. The standard InChI is InChI=1S/C13H9ClFNO/c14-11-7-9(4-5-12(11)15)13(17)8-2-1-3-10(16)6-8/h1-7H,16H2. The SMILES string of the molecule is Nc1cccc(C(=O)c2ccc(F)c(Cl)c2)c1. The normalized spacial score (nSPS) is 10.2. The average Bonchev–Trinajstić information content (AvgIpc) is 2.32. The summed E-state index contributed by atoms with van der Waals surface area (Å²) in [6, 6.07) is 10.5. The van der Waals surface area contributed by atoms with E-state index in [9.17, 15) is 9.18 Å². The Morgan fingerprint density at radius 3 is 2.47 bits per heavy atom. The number of benzene rings is 2. The first-order valence-corrected chi connectivity index (χ1v) is 5.31. The molecular weight excluding hydrogens is 241 g/mol. The van der Waals surface area contributed by atoms with E-state index in [0.717, 1.165) is 0 Å². The average molecular weight is 250 g/mol. The van der Waals surface area contributed by atoms with Crippen LogP contribution in [0.2, 0.25) is 5.02 Å². The van der Waals surface area contributed by atoms with Crippen LogP contribution in [0.4, 0.5) is 10.1 Å². The molecule has 0 aliphatic carbocycles. The number of halogens is 2. The van der Waals surface area contributed by atoms with Crippen molar-refractivity contribution in [1.29, 1.82) is 0 Å². The quantitative estimate of drug-likeness (QED) is 0.656. The lowest BCUT2D eigenvalue weighted by Crippen LogP contribution is -2.02. The van der Waals surface area contributed by atoms with Crippen molar-refractivity contribution in [2.45, 2.75) is 0 Å². The van der Waals surface area contributed by atoms with Crippen LogP contribution in [0.5, 0.6) is 0 Å². The lowest BCUT2D eigenvalue weighted by Gasteiger charge is -2.03. The van der Waals surface area contributed by atoms with Crippen molar-refractivity contribution < 1.29 is 9.18 Å². The van der Waals surface area contributed by atoms with E-state index >= 15 is 0 Å². The molecule has 17 heavy (non-hydrogen) atoms. The van der Waals surface area contributed by atoms with Crippen LogP contribution in [0.1, 0.15) is 15.9 Å². The first-order valence-electron chi connectivity index (χ1n) is 4.93. The summed E-state index contributed by atoms with van der Waals surface area (Å²) in [4.78, 5) is 12.0. The predicted molar refractivity (Wildman–Crippen MR) is 65.7 cm³/mol. The minimum atomic E-state index is -0.546. The Hall–Kier alpha value is -1.87. The molecule has 0 unspecified atom stereocenters. The maximum absolute atomic E-state index is 13.0. The van der Waals surface area contributed by atoms with Gasteiger partial charge in [-0.15, -0.1) is 0 Å². The highest BCUT2D eigenvalue weighted by Crippen LogP contribution is 2.19. The van der Waals surface area contributed by atoms with Crippen LogP contribution in [0.3, 0.4) is 0 Å². The van der Waals surface area contributed by atoms with Gasteiger partial charge in [-0.1, -0.05) is 23.7 Å². The Labute approximate surface area is 103 Å². The van der Waals surface area contributed by atoms with E-state index in [0.29, 0.717) is 16.8 Å². The van der Waals surface area contributed by atoms with Crippen molar-refractivity contribution in [2.75, 3.05) is 5.73 Å². The lowest BCUT2D eigenvalue weighted by molar-refractivity contribution is 0.103. The Balaban J connectivity index is 2.40. The molecular formula is C13H9ClFNO. The van der Waals surface area contributed by atoms with E-state index in [4.69, 9.17) is 17.3 Å². The molecule has 0 aliphatic heterocycles. The number of nitrogens with two attached hydrogens (primary N) is 1. The second-order valence-electron chi connectivity index (χ2n) is 3.58. The van der Waals surface area contributed by atoms with Crippen LogP contribution in [0.25, 0.3) is 0 Å². The van der Waals surface area contributed by atoms with Crippen LogP contribution in [0, 0.1) is 5.82 Å². The molecule has 0 amide bonds. The molecule has 4 heteroatoms. The summed E-state index contributed by atoms with van der Waals surface area (Å²) in [5.41, 5.74) is 6.88. The van der Waals surface area contributed by atoms with Crippen molar-refractivity contribution in [3.63, 3.8) is 0 Å². The van der Waals surface area contributed by atoms with Gasteiger partial charge in [-0.3, -0.25) is 4.79 Å². The first-order chi connectivity index (χ1) is 8.08. The highest BCUT2D eigenvalue weighted by molar-refractivity contribution is 6.31. The third-order valence-electron chi connectivity index (χ3n) is 2.33. The number of hydrogen-bond donors (Lipinski definition) is 1. The van der Waals surface area contributed by atoms with Crippen LogP contribution in [-0.4, -0.2) is 5.78 Å². The first kappa shape index (κ1) is 11.6. The summed E-state index contributed by atoms with van der Waals surface area (Å²) in [6.45, 7) is 0. The summed E-state index contributed by atoms with van der Waals surface area (Å²) in [6.07, 6.45) is 0. The molecule has 0 atom stereocenters. The number of ketones is 1. The van der Waals surface area contributed by atoms with E-state index in [1.165, 1.54) is 18.2 Å². The highest BCUT2D eigenvalue weighted by Gasteiger charge is 2.11. The van der Waals surface area contributed by atoms with Gasteiger partial charge in [0, 0.05) is 16.8 Å². The molecule has 0 aliphatic rings. The second kappa shape index (κ2) is 4.55. The van der Waals surface area contributed by atoms with Gasteiger partial charge in [-0.2, -0.15) is 0 Å². The monoisotopic (exact) mass is 249 g/mol. The fourth-order valence-electron chi connectivity index (χ4n) is 1.48. The van der Waals surface area contributed by atoms with Gasteiger partial charge < -0.3 is 5.73 Å². The maximum atomic E-state index is 13.0. The zero-order chi connectivity index (χ0) is 12.4. The Morgan fingerprint density at radius 2 is 1.82 bits per heavy atom. The van der Waals surface area contributed by atoms with Gasteiger partial charge in [0.2, 0.25) is 0 Å². The second-order valence-corrected chi connectivity index (χ2v) is 3.99. The van der Waals surface area contributed by atoms with Crippen molar-refractivity contribution in [2.24, 2.45) is 0 Å². The Kier molecular flexibility index (Phi) is 3.11. The fraction of sp³-hybridized carbons (Fsp3) is 0. The van der Waals surface area contributed by atoms with Crippen molar-refractivity contribution in [3.8, 4) is 0 Å². The molecule has 0 saturated heterocycles. The number of rotatable bonds is 2. The summed E-state index contributed by atoms with van der Waals surface area (Å²) in [5.74, 6) is -0.782. The topological polar surface area (TPSA) is 43.1 Å². The zero-order valence-electron chi connectivity index (χ0n) is 8.78. The summed E-state index contributed by atoms with van der Waals surface area (Å²) in [5, 5.41) is -0.0697. The van der Waals surface area contributed by atoms with Crippen molar-refractivity contribution in [1.82, 2.24) is 0 Å². The summed E-state index contributed by atoms with van der Waals surface area (Å²) < 4.78 is 13.0. The molecule has 0 bridgehead atoms. The number of carbonyl (C=O) groups is 1. The van der Waals surface area contributed by atoms with Gasteiger partial charge in [0.05, 0.1) is 5.02 Å². The summed E-state index contributed by atoms with van der Waals surface area (Å²) >= 11 is 5.62. The third kappa shape index (κ3) is 2.45. The molecule has 0 heterocycles. The van der Waals surface area contributed by atoms with Gasteiger partial charge in [-0.25, -0.2) is 4.39 Å². The maximum Gasteiger partial charge on any atom is 0.193 e. The molecule has 0 radical (unpaired) electrons. The molecule has 2 aromatic rings. The van der Waals surface area contributed by atoms with Crippen LogP contribution in [-0.2, 0) is 0 Å². The number of carbonyl (C=O) groups excluding carboxylic acids is 1. The van der Waals surface area contributed by atoms with Gasteiger partial charge in [0.1, 0.15) is 5.82 Å². The lowest BCUT2D eigenvalue weighted by atomic mass is 10.0. The van der Waals surface area contributed by atoms with Crippen LogP contribution < -0.4 is 5.73 Å². The van der Waals surface area contributed by atoms with Crippen LogP contribution >= 0.6 is 11.6 Å². The van der Waals surface area contributed by atoms with E-state index in [1.54, 1.807) is 24.3 Å². The predicted octanol–water partition coefficient (Wildman–Crippen LogP) is 3.29. The van der Waals surface area contributed by atoms with Crippen LogP contribution in [0.15, 0.2) is 42.5 Å². The number of anilines is 1. The van der Waals surface area contributed by atoms with E-state index in [2.05, 4.69) is 0 Å². The molecule has 86 valence electrons. The van der Waals surface area contributed by atoms with E-state index in [-0.39, 0.29) is 10.8 Å². The van der Waals surface area contributed by atoms with Crippen molar-refractivity contribution >= 4 is 23.1 Å². The van der Waals surface area contributed by atoms with Crippen molar-refractivity contribution in [3.05, 3.63) is 64.4 Å². The van der Waals surface area contributed by atoms with Gasteiger partial charge in [0.15, 0.2) is 5.78 Å². The molecule has 2 rings (SSSR count). The Bertz CT molecular complexity index is 583. The molecule has 2 N–H and O–H groups in total. The smallest absolute Gasteiger partial charge is 0.193 e. The Morgan fingerprint density at radius 1 is 1.12 bits per heavy atom. The summed E-state index contributed by atoms with van der Waals surface area (Å²) in [7, 11) is 0. The highest BCUT2D eigenvalue weighted by atomic mass is 35.5. The molecule has 0 saturated carbocycles. The minimum Gasteiger partial charge on any atom is -0.399 e. The molecule has 2 aromatic carbocycles. The number of hydrogen-bond acceptors (Lipinski definition) is 2. The van der Waals surface area contributed by atoms with Gasteiger partial charge in [-0.05, 0) is 30.3 Å². The minimum absolute atomic E-state index is 0.0697. The van der Waals surface area contributed by atoms with E-state index in [1.807, 2.05) is 0 Å². The largest absolute Gasteiger partial charge is 0.399 e. The fourth-order valence-corrected chi connectivity index (χ4v) is 1.66. The van der Waals surface area contributed by atoms with Gasteiger partial charge >= 0.3 is 0 Å². The third-order valence-corrected chi connectivity index (χ3v) is 2.62. The zero-order valence-corrected chi connectivity index (χ0v) is 9.54. The molecule has 0 fully saturated rings. The molecule has 0 aromatic heterocycles. The van der Waals surface area contributed by atoms with Gasteiger partial charge in [0.25, 0.3) is 0 Å². The van der Waals surface area contributed by atoms with E-state index < -0.39 is 5.82 Å². The molecule has 2 nitrogen and oxygen atoms in total. The number of nitrogen functional groups attached to an aromatic ring is 1.